The molecule has 0 bridgehead atoms. The van der Waals surface area contributed by atoms with Gasteiger partial charge in [-0.2, -0.15) is 0 Å². The van der Waals surface area contributed by atoms with Gasteiger partial charge >= 0.3 is 0 Å². The Balaban J connectivity index is 1.34. The smallest absolute Gasteiger partial charge is 0.236 e. The number of halogens is 4. The van der Waals surface area contributed by atoms with Crippen LogP contribution in [0.5, 0.6) is 5.75 Å². The van der Waals surface area contributed by atoms with Crippen LogP contribution in [0.3, 0.4) is 0 Å². The second-order valence-electron chi connectivity index (χ2n) is 7.01. The molecule has 4 rings (SSSR count). The zero-order valence-corrected chi connectivity index (χ0v) is 22.8. The van der Waals surface area contributed by atoms with E-state index in [1.807, 2.05) is 16.9 Å². The average Bonchev–Trinajstić information content (AvgIpc) is 3.43. The Morgan fingerprint density at radius 3 is 2.54 bits per heavy atom. The number of hydrogen-bond acceptors (Lipinski definition) is 7. The molecule has 0 atom stereocenters. The normalized spacial score (nSPS) is 11.0. The van der Waals surface area contributed by atoms with Crippen LogP contribution in [0.4, 0.5) is 5.13 Å². The highest BCUT2D eigenvalue weighted by atomic mass is 35.5. The van der Waals surface area contributed by atoms with E-state index in [1.54, 1.807) is 36.4 Å². The van der Waals surface area contributed by atoms with E-state index in [1.165, 1.54) is 23.1 Å². The molecular weight excluding hydrogens is 572 g/mol. The minimum Gasteiger partial charge on any atom is -0.484 e. The number of nitrogens with zero attached hydrogens (tertiary/aromatic N) is 4. The molecule has 0 aliphatic carbocycles. The first kappa shape index (κ1) is 26.1. The molecule has 1 amide bonds. The molecule has 182 valence electrons. The van der Waals surface area contributed by atoms with Gasteiger partial charge in [-0.05, 0) is 43.3 Å². The van der Waals surface area contributed by atoms with Crippen LogP contribution in [0.25, 0.3) is 11.3 Å². The van der Waals surface area contributed by atoms with Crippen LogP contribution in [-0.4, -0.2) is 31.4 Å². The minimum atomic E-state index is -0.213. The molecule has 2 aromatic heterocycles. The van der Waals surface area contributed by atoms with Gasteiger partial charge in [-0.3, -0.25) is 4.79 Å². The van der Waals surface area contributed by atoms with Crippen molar-refractivity contribution in [3.63, 3.8) is 0 Å². The number of carbonyl (C=O) groups excluding carboxylic acids is 1. The Bertz CT molecular complexity index is 1360. The summed E-state index contributed by atoms with van der Waals surface area (Å²) in [6, 6.07) is 10.2. The lowest BCUT2D eigenvalue weighted by molar-refractivity contribution is -0.113. The SMILES string of the molecule is CCn1c(COc2ccc(Cl)cc2Cl)nnc1SCC(=O)Nc1nc(-c2ccc(Cl)cc2Cl)cs1. The summed E-state index contributed by atoms with van der Waals surface area (Å²) in [5.74, 6) is 1.04. The van der Waals surface area contributed by atoms with Crippen LogP contribution >= 0.6 is 69.5 Å². The van der Waals surface area contributed by atoms with Crippen molar-refractivity contribution in [2.24, 2.45) is 0 Å². The summed E-state index contributed by atoms with van der Waals surface area (Å²) in [6.45, 7) is 2.75. The van der Waals surface area contributed by atoms with Gasteiger partial charge in [-0.1, -0.05) is 58.2 Å². The van der Waals surface area contributed by atoms with Gasteiger partial charge in [0, 0.05) is 27.5 Å². The van der Waals surface area contributed by atoms with E-state index in [-0.39, 0.29) is 18.3 Å². The first-order chi connectivity index (χ1) is 16.8. The predicted octanol–water partition coefficient (Wildman–Crippen LogP) is 7.34. The quantitative estimate of drug-likeness (QED) is 0.206. The van der Waals surface area contributed by atoms with Gasteiger partial charge in [0.15, 0.2) is 16.1 Å². The number of amides is 1. The second kappa shape index (κ2) is 11.8. The fourth-order valence-electron chi connectivity index (χ4n) is 3.02. The lowest BCUT2D eigenvalue weighted by Gasteiger charge is -2.10. The molecule has 0 unspecified atom stereocenters. The third-order valence-electron chi connectivity index (χ3n) is 4.65. The summed E-state index contributed by atoms with van der Waals surface area (Å²) >= 11 is 26.9. The zero-order valence-electron chi connectivity index (χ0n) is 18.1. The largest absolute Gasteiger partial charge is 0.484 e. The van der Waals surface area contributed by atoms with Gasteiger partial charge < -0.3 is 14.6 Å². The van der Waals surface area contributed by atoms with Crippen LogP contribution in [-0.2, 0) is 17.9 Å². The molecule has 0 aliphatic heterocycles. The van der Waals surface area contributed by atoms with E-state index in [0.29, 0.717) is 54.2 Å². The predicted molar refractivity (Wildman–Crippen MR) is 143 cm³/mol. The number of thiazole rings is 1. The first-order valence-electron chi connectivity index (χ1n) is 10.2. The maximum atomic E-state index is 12.5. The molecule has 2 aromatic carbocycles. The summed E-state index contributed by atoms with van der Waals surface area (Å²) in [7, 11) is 0. The Kier molecular flexibility index (Phi) is 8.80. The molecule has 4 aromatic rings. The van der Waals surface area contributed by atoms with Crippen molar-refractivity contribution in [3.05, 3.63) is 67.7 Å². The highest BCUT2D eigenvalue weighted by Crippen LogP contribution is 2.32. The Morgan fingerprint density at radius 1 is 1.09 bits per heavy atom. The fraction of sp³-hybridized carbons (Fsp3) is 0.182. The number of nitrogens with one attached hydrogen (secondary N) is 1. The average molecular weight is 589 g/mol. The van der Waals surface area contributed by atoms with Gasteiger partial charge in [0.2, 0.25) is 5.91 Å². The van der Waals surface area contributed by atoms with E-state index in [9.17, 15) is 4.79 Å². The van der Waals surface area contributed by atoms with Gasteiger partial charge in [-0.25, -0.2) is 4.98 Å². The Hall–Kier alpha value is -2.01. The molecule has 0 aliphatic rings. The van der Waals surface area contributed by atoms with Gasteiger partial charge in [0.25, 0.3) is 0 Å². The number of rotatable bonds is 9. The lowest BCUT2D eigenvalue weighted by Crippen LogP contribution is -2.14. The van der Waals surface area contributed by atoms with E-state index in [4.69, 9.17) is 51.1 Å². The number of aromatic nitrogens is 4. The standard InChI is InChI=1S/C22H17Cl4N5O2S2/c1-2-31-19(9-33-18-6-4-13(24)8-16(18)26)29-30-22(31)35-11-20(32)28-21-27-17(10-34-21)14-5-3-12(23)7-15(14)25/h3-8,10H,2,9,11H2,1H3,(H,27,28,32). The monoisotopic (exact) mass is 587 g/mol. The number of thioether (sulfide) groups is 1. The van der Waals surface area contributed by atoms with Crippen LogP contribution in [0, 0.1) is 0 Å². The van der Waals surface area contributed by atoms with Gasteiger partial charge in [-0.15, -0.1) is 21.5 Å². The Morgan fingerprint density at radius 2 is 1.83 bits per heavy atom. The molecule has 1 N–H and O–H groups in total. The highest BCUT2D eigenvalue weighted by Gasteiger charge is 2.16. The lowest BCUT2D eigenvalue weighted by atomic mass is 10.2. The third kappa shape index (κ3) is 6.61. The van der Waals surface area contributed by atoms with Crippen LogP contribution in [0.15, 0.2) is 46.9 Å². The van der Waals surface area contributed by atoms with Crippen molar-refractivity contribution in [1.29, 1.82) is 0 Å². The third-order valence-corrected chi connectivity index (χ3v) is 7.45. The van der Waals surface area contributed by atoms with Crippen molar-refractivity contribution in [2.75, 3.05) is 11.1 Å². The zero-order chi connectivity index (χ0) is 24.9. The molecule has 7 nitrogen and oxygen atoms in total. The van der Waals surface area contributed by atoms with Crippen molar-refractivity contribution >= 4 is 80.5 Å². The number of carbonyl (C=O) groups is 1. The van der Waals surface area contributed by atoms with E-state index < -0.39 is 0 Å². The van der Waals surface area contributed by atoms with Crippen molar-refractivity contribution in [2.45, 2.75) is 25.2 Å². The molecular formula is C22H17Cl4N5O2S2. The van der Waals surface area contributed by atoms with E-state index in [2.05, 4.69) is 20.5 Å². The molecule has 0 spiro atoms. The Labute approximate surface area is 229 Å². The van der Waals surface area contributed by atoms with E-state index >= 15 is 0 Å². The number of anilines is 1. The highest BCUT2D eigenvalue weighted by molar-refractivity contribution is 7.99. The molecule has 0 saturated heterocycles. The second-order valence-corrected chi connectivity index (χ2v) is 10.5. The van der Waals surface area contributed by atoms with Crippen molar-refractivity contribution in [1.82, 2.24) is 19.7 Å². The maximum Gasteiger partial charge on any atom is 0.236 e. The topological polar surface area (TPSA) is 81.9 Å². The van der Waals surface area contributed by atoms with Gasteiger partial charge in [0.05, 0.1) is 21.5 Å². The molecule has 0 fully saturated rings. The van der Waals surface area contributed by atoms with Crippen molar-refractivity contribution < 1.29 is 9.53 Å². The molecule has 2 heterocycles. The summed E-state index contributed by atoms with van der Waals surface area (Å²) in [4.78, 5) is 17.0. The summed E-state index contributed by atoms with van der Waals surface area (Å²) in [5, 5.41) is 16.1. The summed E-state index contributed by atoms with van der Waals surface area (Å²) in [5.41, 5.74) is 1.41. The van der Waals surface area contributed by atoms with Crippen LogP contribution in [0.1, 0.15) is 12.7 Å². The number of hydrogen-bond donors (Lipinski definition) is 1. The van der Waals surface area contributed by atoms with Gasteiger partial charge in [0.1, 0.15) is 12.4 Å². The molecule has 13 heteroatoms. The minimum absolute atomic E-state index is 0.138. The van der Waals surface area contributed by atoms with Crippen molar-refractivity contribution in [3.8, 4) is 17.0 Å². The van der Waals surface area contributed by atoms with E-state index in [0.717, 1.165) is 5.56 Å². The number of benzene rings is 2. The first-order valence-corrected chi connectivity index (χ1v) is 13.5. The van der Waals surface area contributed by atoms with Crippen LogP contribution < -0.4 is 10.1 Å². The summed E-state index contributed by atoms with van der Waals surface area (Å²) in [6.07, 6.45) is 0. The maximum absolute atomic E-state index is 12.5. The molecule has 35 heavy (non-hydrogen) atoms. The molecule has 0 saturated carbocycles. The number of ether oxygens (including phenoxy) is 1. The molecule has 0 radical (unpaired) electrons. The fourth-order valence-corrected chi connectivity index (χ4v) is 5.54. The summed E-state index contributed by atoms with van der Waals surface area (Å²) < 4.78 is 7.65. The van der Waals surface area contributed by atoms with Crippen LogP contribution in [0.2, 0.25) is 20.1 Å².